The Morgan fingerprint density at radius 2 is 1.58 bits per heavy atom. The Morgan fingerprint density at radius 3 is 2.23 bits per heavy atom. The summed E-state index contributed by atoms with van der Waals surface area (Å²) in [5, 5.41) is 29.6. The van der Waals surface area contributed by atoms with E-state index in [4.69, 9.17) is 0 Å². The molecule has 0 amide bonds. The van der Waals surface area contributed by atoms with E-state index in [1.54, 1.807) is 0 Å². The summed E-state index contributed by atoms with van der Waals surface area (Å²) in [6.45, 7) is 2.16. The molecule has 0 aliphatic heterocycles. The second-order valence-corrected chi connectivity index (χ2v) is 6.39. The number of esters is 1. The zero-order valence-electron chi connectivity index (χ0n) is 16.2. The fourth-order valence-electron chi connectivity index (χ4n) is 2.27. The first kappa shape index (κ1) is 24.6. The zero-order valence-corrected chi connectivity index (χ0v) is 16.2. The minimum atomic E-state index is -0.992. The van der Waals surface area contributed by atoms with Crippen LogP contribution in [0.25, 0.3) is 0 Å². The summed E-state index contributed by atoms with van der Waals surface area (Å²) in [7, 11) is 1.37. The highest BCUT2D eigenvalue weighted by Gasteiger charge is 2.11. The molecule has 26 heavy (non-hydrogen) atoms. The molecule has 0 fully saturated rings. The highest BCUT2D eigenvalue weighted by atomic mass is 16.5. The quantitative estimate of drug-likeness (QED) is 0.234. The van der Waals surface area contributed by atoms with Gasteiger partial charge in [0, 0.05) is 6.42 Å². The number of methoxy groups -OCH3 is 1. The summed E-state index contributed by atoms with van der Waals surface area (Å²) >= 11 is 0. The fraction of sp³-hybridized carbons (Fsp3) is 0.667. The maximum Gasteiger partial charge on any atom is 0.305 e. The summed E-state index contributed by atoms with van der Waals surface area (Å²) in [6.07, 6.45) is 15.3. The molecule has 0 rings (SSSR count). The molecular formula is C21H36O5. The van der Waals surface area contributed by atoms with Gasteiger partial charge >= 0.3 is 5.97 Å². The van der Waals surface area contributed by atoms with Crippen LogP contribution in [0.4, 0.5) is 0 Å². The highest BCUT2D eigenvalue weighted by molar-refractivity contribution is 5.69. The highest BCUT2D eigenvalue weighted by Crippen LogP contribution is 2.07. The van der Waals surface area contributed by atoms with Crippen molar-refractivity contribution in [2.24, 2.45) is 0 Å². The number of ether oxygens (including phenoxy) is 1. The third-order valence-corrected chi connectivity index (χ3v) is 3.97. The monoisotopic (exact) mass is 368 g/mol. The number of aliphatic hydroxyl groups is 3. The first-order valence-corrected chi connectivity index (χ1v) is 9.60. The average Bonchev–Trinajstić information content (AvgIpc) is 2.64. The van der Waals surface area contributed by atoms with Crippen LogP contribution in [0.3, 0.4) is 0 Å². The summed E-state index contributed by atoms with van der Waals surface area (Å²) in [4.78, 5) is 10.9. The van der Waals surface area contributed by atoms with Gasteiger partial charge in [0.15, 0.2) is 0 Å². The lowest BCUT2D eigenvalue weighted by atomic mass is 10.1. The maximum atomic E-state index is 10.9. The van der Waals surface area contributed by atoms with E-state index in [0.29, 0.717) is 25.7 Å². The molecule has 150 valence electrons. The molecular weight excluding hydrogens is 332 g/mol. The molecule has 0 aliphatic carbocycles. The third kappa shape index (κ3) is 14.9. The topological polar surface area (TPSA) is 87.0 Å². The average molecular weight is 369 g/mol. The number of hydrogen-bond donors (Lipinski definition) is 3. The van der Waals surface area contributed by atoms with Gasteiger partial charge in [-0.1, -0.05) is 56.2 Å². The first-order chi connectivity index (χ1) is 12.5. The predicted octanol–water partition coefficient (Wildman–Crippen LogP) is 3.44. The molecule has 0 bridgehead atoms. The Balaban J connectivity index is 3.91. The largest absolute Gasteiger partial charge is 0.469 e. The molecule has 0 radical (unpaired) electrons. The lowest BCUT2D eigenvalue weighted by molar-refractivity contribution is -0.140. The lowest BCUT2D eigenvalue weighted by Gasteiger charge is -2.13. The SMILES string of the molecule is CCCCC/C=C\C[C@@H](O)[C@H](O)/C=C/[C@H](O)C/C=C\CCCC(=O)OC. The van der Waals surface area contributed by atoms with Gasteiger partial charge in [-0.3, -0.25) is 4.79 Å². The molecule has 0 unspecified atom stereocenters. The Labute approximate surface area is 158 Å². The lowest BCUT2D eigenvalue weighted by Crippen LogP contribution is -2.23. The van der Waals surface area contributed by atoms with Crippen molar-refractivity contribution >= 4 is 5.97 Å². The minimum Gasteiger partial charge on any atom is -0.469 e. The van der Waals surface area contributed by atoms with Crippen molar-refractivity contribution in [2.75, 3.05) is 7.11 Å². The van der Waals surface area contributed by atoms with Crippen LogP contribution in [0.5, 0.6) is 0 Å². The van der Waals surface area contributed by atoms with E-state index in [-0.39, 0.29) is 5.97 Å². The van der Waals surface area contributed by atoms with Crippen molar-refractivity contribution in [1.29, 1.82) is 0 Å². The number of allylic oxidation sites excluding steroid dienone is 2. The van der Waals surface area contributed by atoms with Crippen LogP contribution >= 0.6 is 0 Å². The van der Waals surface area contributed by atoms with E-state index in [1.165, 1.54) is 32.1 Å². The number of rotatable bonds is 15. The zero-order chi connectivity index (χ0) is 19.6. The second-order valence-electron chi connectivity index (χ2n) is 6.39. The molecule has 5 heteroatoms. The van der Waals surface area contributed by atoms with Crippen LogP contribution in [-0.2, 0) is 9.53 Å². The van der Waals surface area contributed by atoms with Crippen LogP contribution in [0, 0.1) is 0 Å². The van der Waals surface area contributed by atoms with E-state index in [1.807, 2.05) is 24.3 Å². The van der Waals surface area contributed by atoms with Gasteiger partial charge in [-0.25, -0.2) is 0 Å². The number of aliphatic hydroxyl groups excluding tert-OH is 3. The number of hydrogen-bond acceptors (Lipinski definition) is 5. The number of carbonyl (C=O) groups excluding carboxylic acids is 1. The molecule has 0 saturated carbocycles. The standard InChI is InChI=1S/C21H36O5/c1-3-4-5-6-7-11-14-19(23)20(24)17-16-18(22)13-10-8-9-12-15-21(25)26-2/h7-8,10-11,16-20,22-24H,3-6,9,12-15H2,1-2H3/b10-8-,11-7-,17-16+/t18-,19-,20-/m1/s1. The molecule has 0 heterocycles. The van der Waals surface area contributed by atoms with E-state index >= 15 is 0 Å². The molecule has 5 nitrogen and oxygen atoms in total. The Morgan fingerprint density at radius 1 is 0.923 bits per heavy atom. The van der Waals surface area contributed by atoms with Crippen molar-refractivity contribution in [3.63, 3.8) is 0 Å². The van der Waals surface area contributed by atoms with E-state index in [9.17, 15) is 20.1 Å². The van der Waals surface area contributed by atoms with E-state index < -0.39 is 18.3 Å². The predicted molar refractivity (Wildman–Crippen MR) is 105 cm³/mol. The fourth-order valence-corrected chi connectivity index (χ4v) is 2.27. The van der Waals surface area contributed by atoms with Gasteiger partial charge in [0.1, 0.15) is 0 Å². The van der Waals surface area contributed by atoms with Gasteiger partial charge in [0.25, 0.3) is 0 Å². The molecule has 0 saturated heterocycles. The van der Waals surface area contributed by atoms with Crippen LogP contribution in [0.1, 0.15) is 64.7 Å². The molecule has 3 N–H and O–H groups in total. The van der Waals surface area contributed by atoms with Crippen LogP contribution in [0.2, 0.25) is 0 Å². The van der Waals surface area contributed by atoms with Crippen molar-refractivity contribution in [1.82, 2.24) is 0 Å². The second kappa shape index (κ2) is 17.0. The van der Waals surface area contributed by atoms with Gasteiger partial charge in [-0.15, -0.1) is 0 Å². The number of carbonyl (C=O) groups is 1. The maximum absolute atomic E-state index is 10.9. The number of unbranched alkanes of at least 4 members (excludes halogenated alkanes) is 4. The van der Waals surface area contributed by atoms with Gasteiger partial charge < -0.3 is 20.1 Å². The summed E-state index contributed by atoms with van der Waals surface area (Å²) in [6, 6.07) is 0. The summed E-state index contributed by atoms with van der Waals surface area (Å²) < 4.78 is 4.55. The van der Waals surface area contributed by atoms with E-state index in [2.05, 4.69) is 11.7 Å². The Bertz CT molecular complexity index is 428. The van der Waals surface area contributed by atoms with Crippen molar-refractivity contribution in [2.45, 2.75) is 83.0 Å². The molecule has 0 aromatic heterocycles. The smallest absolute Gasteiger partial charge is 0.305 e. The molecule has 0 spiro atoms. The molecule has 0 aliphatic rings. The summed E-state index contributed by atoms with van der Waals surface area (Å²) in [5.41, 5.74) is 0. The normalized spacial score (nSPS) is 15.7. The summed E-state index contributed by atoms with van der Waals surface area (Å²) in [5.74, 6) is -0.218. The third-order valence-electron chi connectivity index (χ3n) is 3.97. The minimum absolute atomic E-state index is 0.218. The van der Waals surface area contributed by atoms with Gasteiger partial charge in [0.2, 0.25) is 0 Å². The van der Waals surface area contributed by atoms with Crippen LogP contribution < -0.4 is 0 Å². The molecule has 0 aromatic rings. The molecule has 0 aromatic carbocycles. The van der Waals surface area contributed by atoms with Gasteiger partial charge in [0.05, 0.1) is 25.4 Å². The van der Waals surface area contributed by atoms with Crippen molar-refractivity contribution in [3.8, 4) is 0 Å². The molecule has 3 atom stereocenters. The Hall–Kier alpha value is -1.43. The van der Waals surface area contributed by atoms with E-state index in [0.717, 1.165) is 19.3 Å². The van der Waals surface area contributed by atoms with Crippen LogP contribution in [-0.4, -0.2) is 46.7 Å². The van der Waals surface area contributed by atoms with Gasteiger partial charge in [-0.2, -0.15) is 0 Å². The first-order valence-electron chi connectivity index (χ1n) is 9.60. The Kier molecular flexibility index (Phi) is 16.1. The van der Waals surface area contributed by atoms with Crippen molar-refractivity contribution in [3.05, 3.63) is 36.5 Å². The van der Waals surface area contributed by atoms with Gasteiger partial charge in [-0.05, 0) is 38.5 Å². The van der Waals surface area contributed by atoms with Crippen molar-refractivity contribution < 1.29 is 24.9 Å². The van der Waals surface area contributed by atoms with Crippen LogP contribution in [0.15, 0.2) is 36.5 Å².